The second-order valence-corrected chi connectivity index (χ2v) is 5.62. The van der Waals surface area contributed by atoms with Crippen LogP contribution in [0.3, 0.4) is 0 Å². The molecular weight excluding hydrogens is 308 g/mol. The zero-order chi connectivity index (χ0) is 17.1. The molecule has 2 aromatic rings. The highest BCUT2D eigenvalue weighted by Gasteiger charge is 2.35. The second-order valence-electron chi connectivity index (χ2n) is 5.62. The van der Waals surface area contributed by atoms with Gasteiger partial charge >= 0.3 is 5.97 Å². The van der Waals surface area contributed by atoms with E-state index in [1.165, 1.54) is 12.1 Å². The first kappa shape index (κ1) is 15.7. The minimum atomic E-state index is -1.06. The number of carboxylic acid groups (broad SMARTS) is 1. The largest absolute Gasteiger partial charge is 0.478 e. The number of hydrogen-bond donors (Lipinski definition) is 2. The Labute approximate surface area is 138 Å². The molecule has 1 atom stereocenters. The fraction of sp³-hybridized carbons (Fsp3) is 0.167. The molecule has 3 rings (SSSR count). The number of amides is 2. The van der Waals surface area contributed by atoms with Crippen LogP contribution in [0.5, 0.6) is 0 Å². The molecule has 1 fully saturated rings. The lowest BCUT2D eigenvalue weighted by molar-refractivity contribution is -0.122. The Morgan fingerprint density at radius 3 is 2.54 bits per heavy atom. The number of nitrogens with zero attached hydrogens (tertiary/aromatic N) is 1. The van der Waals surface area contributed by atoms with Crippen LogP contribution in [0.4, 0.5) is 11.4 Å². The zero-order valence-electron chi connectivity index (χ0n) is 12.8. The van der Waals surface area contributed by atoms with Crippen molar-refractivity contribution < 1.29 is 19.5 Å². The summed E-state index contributed by atoms with van der Waals surface area (Å²) in [5, 5.41) is 11.7. The first-order chi connectivity index (χ1) is 11.5. The van der Waals surface area contributed by atoms with Crippen LogP contribution in [0.2, 0.25) is 0 Å². The number of benzene rings is 2. The van der Waals surface area contributed by atoms with Crippen LogP contribution in [0, 0.1) is 5.92 Å². The Morgan fingerprint density at radius 1 is 1.08 bits per heavy atom. The standard InChI is InChI=1S/C18H16N2O4/c21-16-10-13(11-20(16)15-7-2-1-3-8-15)17(22)19-14-6-4-5-12(9-14)18(23)24/h1-9,13H,10-11H2,(H,19,22)(H,23,24)/t13-/m0/s1. The quantitative estimate of drug-likeness (QED) is 0.904. The highest BCUT2D eigenvalue weighted by atomic mass is 16.4. The molecule has 1 heterocycles. The maximum atomic E-state index is 12.4. The molecule has 122 valence electrons. The molecule has 0 saturated carbocycles. The van der Waals surface area contributed by atoms with Crippen LogP contribution < -0.4 is 10.2 Å². The van der Waals surface area contributed by atoms with Gasteiger partial charge in [-0.2, -0.15) is 0 Å². The number of rotatable bonds is 4. The molecule has 1 saturated heterocycles. The Bertz CT molecular complexity index is 789. The summed E-state index contributed by atoms with van der Waals surface area (Å²) in [7, 11) is 0. The molecule has 2 amide bonds. The van der Waals surface area contributed by atoms with Crippen molar-refractivity contribution in [2.24, 2.45) is 5.92 Å². The molecule has 1 aliphatic rings. The maximum Gasteiger partial charge on any atom is 0.335 e. The topological polar surface area (TPSA) is 86.7 Å². The Hall–Kier alpha value is -3.15. The predicted octanol–water partition coefficient (Wildman–Crippen LogP) is 2.38. The lowest BCUT2D eigenvalue weighted by Crippen LogP contribution is -2.28. The number of anilines is 2. The molecular formula is C18H16N2O4. The van der Waals surface area contributed by atoms with Crippen LogP contribution in [0.15, 0.2) is 54.6 Å². The van der Waals surface area contributed by atoms with E-state index in [9.17, 15) is 14.4 Å². The van der Waals surface area contributed by atoms with Gasteiger partial charge in [-0.05, 0) is 30.3 Å². The summed E-state index contributed by atoms with van der Waals surface area (Å²) in [6.45, 7) is 0.313. The fourth-order valence-corrected chi connectivity index (χ4v) is 2.71. The Morgan fingerprint density at radius 2 is 1.83 bits per heavy atom. The highest BCUT2D eigenvalue weighted by molar-refractivity contribution is 6.03. The van der Waals surface area contributed by atoms with Gasteiger partial charge in [0.05, 0.1) is 11.5 Å². The number of hydrogen-bond acceptors (Lipinski definition) is 3. The van der Waals surface area contributed by atoms with E-state index in [4.69, 9.17) is 5.11 Å². The third kappa shape index (κ3) is 3.27. The normalized spacial score (nSPS) is 16.9. The monoisotopic (exact) mass is 324 g/mol. The smallest absolute Gasteiger partial charge is 0.335 e. The van der Waals surface area contributed by atoms with Gasteiger partial charge in [-0.1, -0.05) is 24.3 Å². The second kappa shape index (κ2) is 6.54. The van der Waals surface area contributed by atoms with Gasteiger partial charge in [0.25, 0.3) is 0 Å². The first-order valence-electron chi connectivity index (χ1n) is 7.54. The third-order valence-electron chi connectivity index (χ3n) is 3.94. The number of carboxylic acids is 1. The summed E-state index contributed by atoms with van der Waals surface area (Å²) in [5.74, 6) is -1.91. The van der Waals surface area contributed by atoms with Crippen molar-refractivity contribution in [3.8, 4) is 0 Å². The maximum absolute atomic E-state index is 12.4. The molecule has 2 aromatic carbocycles. The minimum absolute atomic E-state index is 0.0966. The number of para-hydroxylation sites is 1. The molecule has 6 heteroatoms. The van der Waals surface area contributed by atoms with Gasteiger partial charge in [-0.3, -0.25) is 9.59 Å². The van der Waals surface area contributed by atoms with Gasteiger partial charge in [0.2, 0.25) is 11.8 Å². The van der Waals surface area contributed by atoms with Crippen LogP contribution in [-0.2, 0) is 9.59 Å². The minimum Gasteiger partial charge on any atom is -0.478 e. The average molecular weight is 324 g/mol. The van der Waals surface area contributed by atoms with Gasteiger partial charge in [0, 0.05) is 24.3 Å². The van der Waals surface area contributed by atoms with Crippen LogP contribution >= 0.6 is 0 Å². The Kier molecular flexibility index (Phi) is 4.29. The molecule has 0 spiro atoms. The summed E-state index contributed by atoms with van der Waals surface area (Å²) in [5.41, 5.74) is 1.28. The van der Waals surface area contributed by atoms with Crippen molar-refractivity contribution >= 4 is 29.2 Å². The number of nitrogens with one attached hydrogen (secondary N) is 1. The predicted molar refractivity (Wildman–Crippen MR) is 88.9 cm³/mol. The average Bonchev–Trinajstić information content (AvgIpc) is 2.98. The molecule has 6 nitrogen and oxygen atoms in total. The van der Waals surface area contributed by atoms with Crippen LogP contribution in [0.1, 0.15) is 16.8 Å². The van der Waals surface area contributed by atoms with Crippen LogP contribution in [0.25, 0.3) is 0 Å². The third-order valence-corrected chi connectivity index (χ3v) is 3.94. The molecule has 1 aliphatic heterocycles. The van der Waals surface area contributed by atoms with Gasteiger partial charge in [0.15, 0.2) is 0 Å². The first-order valence-corrected chi connectivity index (χ1v) is 7.54. The zero-order valence-corrected chi connectivity index (χ0v) is 12.8. The van der Waals surface area contributed by atoms with E-state index in [1.54, 1.807) is 17.0 Å². The summed E-state index contributed by atoms with van der Waals surface area (Å²) in [6, 6.07) is 15.2. The van der Waals surface area contributed by atoms with Crippen molar-refractivity contribution in [3.63, 3.8) is 0 Å². The van der Waals surface area contributed by atoms with E-state index < -0.39 is 11.9 Å². The SMILES string of the molecule is O=C(O)c1cccc(NC(=O)[C@H]2CC(=O)N(c3ccccc3)C2)c1. The van der Waals surface area contributed by atoms with Crippen LogP contribution in [-0.4, -0.2) is 29.4 Å². The van der Waals surface area contributed by atoms with Crippen molar-refractivity contribution in [2.45, 2.75) is 6.42 Å². The number of carbonyl (C=O) groups is 3. The van der Waals surface area contributed by atoms with Crippen molar-refractivity contribution in [1.29, 1.82) is 0 Å². The van der Waals surface area contributed by atoms with Crippen molar-refractivity contribution in [1.82, 2.24) is 0 Å². The summed E-state index contributed by atoms with van der Waals surface area (Å²) < 4.78 is 0. The van der Waals surface area contributed by atoms with Gasteiger partial charge in [-0.25, -0.2) is 4.79 Å². The molecule has 0 aromatic heterocycles. The lowest BCUT2D eigenvalue weighted by Gasteiger charge is -2.16. The van der Waals surface area contributed by atoms with Gasteiger partial charge < -0.3 is 15.3 Å². The number of carbonyl (C=O) groups excluding carboxylic acids is 2. The van der Waals surface area contributed by atoms with E-state index in [0.717, 1.165) is 5.69 Å². The van der Waals surface area contributed by atoms with Crippen molar-refractivity contribution in [3.05, 3.63) is 60.2 Å². The van der Waals surface area contributed by atoms with E-state index in [-0.39, 0.29) is 23.8 Å². The highest BCUT2D eigenvalue weighted by Crippen LogP contribution is 2.25. The van der Waals surface area contributed by atoms with Gasteiger partial charge in [-0.15, -0.1) is 0 Å². The molecule has 0 aliphatic carbocycles. The molecule has 0 radical (unpaired) electrons. The molecule has 0 bridgehead atoms. The van der Waals surface area contributed by atoms with E-state index in [0.29, 0.717) is 12.2 Å². The lowest BCUT2D eigenvalue weighted by atomic mass is 10.1. The van der Waals surface area contributed by atoms with E-state index >= 15 is 0 Å². The summed E-state index contributed by atoms with van der Waals surface area (Å²) in [4.78, 5) is 37.1. The Balaban J connectivity index is 1.69. The number of aromatic carboxylic acids is 1. The molecule has 0 unspecified atom stereocenters. The van der Waals surface area contributed by atoms with Crippen molar-refractivity contribution in [2.75, 3.05) is 16.8 Å². The fourth-order valence-electron chi connectivity index (χ4n) is 2.71. The summed E-state index contributed by atoms with van der Waals surface area (Å²) >= 11 is 0. The van der Waals surface area contributed by atoms with E-state index in [2.05, 4.69) is 5.32 Å². The van der Waals surface area contributed by atoms with E-state index in [1.807, 2.05) is 30.3 Å². The van der Waals surface area contributed by atoms with Gasteiger partial charge in [0.1, 0.15) is 0 Å². The molecule has 2 N–H and O–H groups in total. The molecule has 24 heavy (non-hydrogen) atoms. The summed E-state index contributed by atoms with van der Waals surface area (Å²) in [6.07, 6.45) is 0.138.